The maximum absolute atomic E-state index is 5.11. The lowest BCUT2D eigenvalue weighted by molar-refractivity contribution is 0.603. The molecule has 2 aromatic rings. The van der Waals surface area contributed by atoms with Gasteiger partial charge in [0.05, 0.1) is 18.1 Å². The van der Waals surface area contributed by atoms with Gasteiger partial charge in [-0.2, -0.15) is 0 Å². The number of fused-ring (bicyclic) bond motifs is 1. The zero-order valence-corrected chi connectivity index (χ0v) is 7.39. The molecular formula is C8H8N2OS. The summed E-state index contributed by atoms with van der Waals surface area (Å²) in [6.45, 7) is 0. The first-order chi connectivity index (χ1) is 5.90. The van der Waals surface area contributed by atoms with Crippen molar-refractivity contribution in [3.05, 3.63) is 24.6 Å². The largest absolute Gasteiger partial charge is 0.446 e. The van der Waals surface area contributed by atoms with Gasteiger partial charge in [-0.3, -0.25) is 0 Å². The first-order valence-electron chi connectivity index (χ1n) is 3.52. The van der Waals surface area contributed by atoms with Crippen molar-refractivity contribution in [3.8, 4) is 0 Å². The molecule has 0 amide bonds. The number of rotatable bonds is 2. The lowest BCUT2D eigenvalue weighted by atomic mass is 10.3. The minimum absolute atomic E-state index is 0.682. The molecule has 4 heteroatoms. The van der Waals surface area contributed by atoms with Crippen LogP contribution in [-0.4, -0.2) is 11.2 Å². The minimum Gasteiger partial charge on any atom is -0.446 e. The molecule has 0 aliphatic heterocycles. The number of anilines is 1. The molecular weight excluding hydrogens is 172 g/mol. The standard InChI is InChI=1S/C8H8N2OS/c1-12-10-7-4-6-2-3-11-8(6)9-5-7/h2-5,10H,1H3. The highest BCUT2D eigenvalue weighted by molar-refractivity contribution is 7.99. The molecule has 0 radical (unpaired) electrons. The van der Waals surface area contributed by atoms with Crippen LogP contribution in [0.5, 0.6) is 0 Å². The van der Waals surface area contributed by atoms with Gasteiger partial charge in [0.2, 0.25) is 5.71 Å². The predicted molar refractivity (Wildman–Crippen MR) is 51.1 cm³/mol. The summed E-state index contributed by atoms with van der Waals surface area (Å²) in [4.78, 5) is 4.12. The number of pyridine rings is 1. The summed E-state index contributed by atoms with van der Waals surface area (Å²) in [6.07, 6.45) is 5.36. The topological polar surface area (TPSA) is 38.1 Å². The Morgan fingerprint density at radius 3 is 3.33 bits per heavy atom. The fourth-order valence-corrected chi connectivity index (χ4v) is 1.38. The smallest absolute Gasteiger partial charge is 0.225 e. The summed E-state index contributed by atoms with van der Waals surface area (Å²) in [5, 5.41) is 1.02. The van der Waals surface area contributed by atoms with Crippen molar-refractivity contribution in [2.24, 2.45) is 0 Å². The van der Waals surface area contributed by atoms with Gasteiger partial charge < -0.3 is 9.14 Å². The Labute approximate surface area is 74.3 Å². The SMILES string of the molecule is CSNc1cnc2occc2c1. The van der Waals surface area contributed by atoms with Crippen molar-refractivity contribution in [1.82, 2.24) is 4.98 Å². The number of nitrogens with zero attached hydrogens (tertiary/aromatic N) is 1. The second-order valence-corrected chi connectivity index (χ2v) is 2.96. The van der Waals surface area contributed by atoms with E-state index in [2.05, 4.69) is 9.71 Å². The first-order valence-corrected chi connectivity index (χ1v) is 4.75. The molecule has 0 aliphatic carbocycles. The van der Waals surface area contributed by atoms with Crippen molar-refractivity contribution in [1.29, 1.82) is 0 Å². The highest BCUT2D eigenvalue weighted by atomic mass is 32.2. The van der Waals surface area contributed by atoms with Gasteiger partial charge in [0.15, 0.2) is 0 Å². The Hall–Kier alpha value is -1.16. The highest BCUT2D eigenvalue weighted by Crippen LogP contribution is 2.18. The average molecular weight is 180 g/mol. The van der Waals surface area contributed by atoms with Crippen LogP contribution >= 0.6 is 11.9 Å². The molecule has 0 unspecified atom stereocenters. The van der Waals surface area contributed by atoms with E-state index in [1.807, 2.05) is 18.4 Å². The van der Waals surface area contributed by atoms with E-state index in [0.29, 0.717) is 5.71 Å². The van der Waals surface area contributed by atoms with Crippen molar-refractivity contribution >= 4 is 28.7 Å². The van der Waals surface area contributed by atoms with Gasteiger partial charge in [0.25, 0.3) is 0 Å². The molecule has 12 heavy (non-hydrogen) atoms. The van der Waals surface area contributed by atoms with E-state index < -0.39 is 0 Å². The molecule has 0 atom stereocenters. The van der Waals surface area contributed by atoms with Crippen LogP contribution in [-0.2, 0) is 0 Å². The zero-order valence-electron chi connectivity index (χ0n) is 6.57. The number of hydrogen-bond acceptors (Lipinski definition) is 4. The van der Waals surface area contributed by atoms with Gasteiger partial charge in [-0.1, -0.05) is 11.9 Å². The van der Waals surface area contributed by atoms with Gasteiger partial charge in [0, 0.05) is 11.6 Å². The molecule has 0 saturated carbocycles. The lowest BCUT2D eigenvalue weighted by Crippen LogP contribution is -1.84. The zero-order chi connectivity index (χ0) is 8.39. The fourth-order valence-electron chi connectivity index (χ4n) is 1.03. The summed E-state index contributed by atoms with van der Waals surface area (Å²) in [7, 11) is 0. The normalized spacial score (nSPS) is 10.4. The van der Waals surface area contributed by atoms with Crippen LogP contribution in [0.1, 0.15) is 0 Å². The maximum atomic E-state index is 5.11. The average Bonchev–Trinajstić information content (AvgIpc) is 2.51. The van der Waals surface area contributed by atoms with Crippen molar-refractivity contribution < 1.29 is 4.42 Å². The highest BCUT2D eigenvalue weighted by Gasteiger charge is 1.98. The Morgan fingerprint density at radius 2 is 2.50 bits per heavy atom. The van der Waals surface area contributed by atoms with Gasteiger partial charge in [-0.05, 0) is 12.1 Å². The van der Waals surface area contributed by atoms with Crippen LogP contribution in [0.2, 0.25) is 0 Å². The fraction of sp³-hybridized carbons (Fsp3) is 0.125. The third-order valence-corrected chi connectivity index (χ3v) is 1.97. The third-order valence-electron chi connectivity index (χ3n) is 1.53. The molecule has 2 rings (SSSR count). The van der Waals surface area contributed by atoms with E-state index in [-0.39, 0.29) is 0 Å². The summed E-state index contributed by atoms with van der Waals surface area (Å²) >= 11 is 1.55. The molecule has 0 saturated heterocycles. The minimum atomic E-state index is 0.682. The molecule has 0 fully saturated rings. The maximum Gasteiger partial charge on any atom is 0.225 e. The van der Waals surface area contributed by atoms with E-state index >= 15 is 0 Å². The lowest BCUT2D eigenvalue weighted by Gasteiger charge is -1.99. The Kier molecular flexibility index (Phi) is 1.91. The third kappa shape index (κ3) is 1.25. The van der Waals surface area contributed by atoms with Crippen LogP contribution in [0.3, 0.4) is 0 Å². The van der Waals surface area contributed by atoms with Crippen molar-refractivity contribution in [2.75, 3.05) is 11.0 Å². The molecule has 0 spiro atoms. The van der Waals surface area contributed by atoms with E-state index in [9.17, 15) is 0 Å². The second kappa shape index (κ2) is 3.06. The van der Waals surface area contributed by atoms with Crippen molar-refractivity contribution in [2.45, 2.75) is 0 Å². The number of hydrogen-bond donors (Lipinski definition) is 1. The second-order valence-electron chi connectivity index (χ2n) is 2.35. The number of nitrogens with one attached hydrogen (secondary N) is 1. The van der Waals surface area contributed by atoms with E-state index in [1.165, 1.54) is 0 Å². The Balaban J connectivity index is 2.46. The van der Waals surface area contributed by atoms with E-state index in [0.717, 1.165) is 11.1 Å². The van der Waals surface area contributed by atoms with Gasteiger partial charge in [-0.25, -0.2) is 4.98 Å². The van der Waals surface area contributed by atoms with Crippen LogP contribution in [0.25, 0.3) is 11.1 Å². The quantitative estimate of drug-likeness (QED) is 0.721. The van der Waals surface area contributed by atoms with Crippen LogP contribution < -0.4 is 4.72 Å². The van der Waals surface area contributed by atoms with Crippen LogP contribution in [0, 0.1) is 0 Å². The predicted octanol–water partition coefficient (Wildman–Crippen LogP) is 2.52. The summed E-state index contributed by atoms with van der Waals surface area (Å²) in [5.74, 6) is 0. The summed E-state index contributed by atoms with van der Waals surface area (Å²) in [5.41, 5.74) is 1.68. The molecule has 0 aliphatic rings. The van der Waals surface area contributed by atoms with Crippen molar-refractivity contribution in [3.63, 3.8) is 0 Å². The van der Waals surface area contributed by atoms with Gasteiger partial charge in [0.1, 0.15) is 0 Å². The monoisotopic (exact) mass is 180 g/mol. The van der Waals surface area contributed by atoms with Gasteiger partial charge in [-0.15, -0.1) is 0 Å². The molecule has 62 valence electrons. The Morgan fingerprint density at radius 1 is 1.58 bits per heavy atom. The van der Waals surface area contributed by atoms with Crippen LogP contribution in [0.15, 0.2) is 29.0 Å². The molecule has 2 heterocycles. The summed E-state index contributed by atoms with van der Waals surface area (Å²) < 4.78 is 8.21. The Bertz CT molecular complexity index is 385. The van der Waals surface area contributed by atoms with Gasteiger partial charge >= 0.3 is 0 Å². The molecule has 0 bridgehead atoms. The summed E-state index contributed by atoms with van der Waals surface area (Å²) in [6, 6.07) is 3.90. The number of furan rings is 1. The molecule has 0 aromatic carbocycles. The molecule has 2 aromatic heterocycles. The molecule has 3 nitrogen and oxygen atoms in total. The first kappa shape index (κ1) is 7.49. The van der Waals surface area contributed by atoms with E-state index in [1.54, 1.807) is 24.4 Å². The van der Waals surface area contributed by atoms with Crippen LogP contribution in [0.4, 0.5) is 5.69 Å². The van der Waals surface area contributed by atoms with E-state index in [4.69, 9.17) is 4.42 Å². The molecule has 1 N–H and O–H groups in total. The number of aromatic nitrogens is 1.